The van der Waals surface area contributed by atoms with Crippen LogP contribution in [-0.2, 0) is 9.59 Å². The van der Waals surface area contributed by atoms with Gasteiger partial charge in [-0.05, 0) is 31.3 Å². The van der Waals surface area contributed by atoms with E-state index in [1.807, 2.05) is 0 Å². The molecule has 2 aliphatic rings. The third-order valence-corrected chi connectivity index (χ3v) is 3.97. The second kappa shape index (κ2) is 5.67. The molecule has 2 fully saturated rings. The molecule has 2 rings (SSSR count). The second-order valence-corrected chi connectivity index (χ2v) is 5.22. The fourth-order valence-corrected chi connectivity index (χ4v) is 3.24. The zero-order valence-corrected chi connectivity index (χ0v) is 11.0. The van der Waals surface area contributed by atoms with E-state index in [0.717, 1.165) is 26.1 Å². The van der Waals surface area contributed by atoms with E-state index in [0.29, 0.717) is 24.4 Å². The Morgan fingerprint density at radius 1 is 1.33 bits per heavy atom. The highest BCUT2D eigenvalue weighted by molar-refractivity contribution is 5.82. The van der Waals surface area contributed by atoms with Gasteiger partial charge in [0.25, 0.3) is 5.91 Å². The van der Waals surface area contributed by atoms with E-state index in [1.54, 1.807) is 0 Å². The highest BCUT2D eigenvalue weighted by Crippen LogP contribution is 2.33. The SMILES string of the molecule is CCC1C2CNCC2CN1CC(=O)NNC(C)=O. The number of carbonyl (C=O) groups is 2. The van der Waals surface area contributed by atoms with Crippen LogP contribution in [0.25, 0.3) is 0 Å². The summed E-state index contributed by atoms with van der Waals surface area (Å²) < 4.78 is 0. The van der Waals surface area contributed by atoms with Crippen molar-refractivity contribution in [3.05, 3.63) is 0 Å². The molecule has 3 N–H and O–H groups in total. The smallest absolute Gasteiger partial charge is 0.252 e. The van der Waals surface area contributed by atoms with Crippen LogP contribution in [0, 0.1) is 11.8 Å². The van der Waals surface area contributed by atoms with Gasteiger partial charge in [0.15, 0.2) is 0 Å². The normalized spacial score (nSPS) is 31.1. The van der Waals surface area contributed by atoms with Crippen LogP contribution in [0.15, 0.2) is 0 Å². The minimum atomic E-state index is -0.252. The van der Waals surface area contributed by atoms with Crippen LogP contribution in [0.5, 0.6) is 0 Å². The average molecular weight is 254 g/mol. The number of amides is 2. The second-order valence-electron chi connectivity index (χ2n) is 5.22. The predicted octanol–water partition coefficient (Wildman–Crippen LogP) is -0.916. The molecule has 2 amide bonds. The number of hydrogen-bond donors (Lipinski definition) is 3. The summed E-state index contributed by atoms with van der Waals surface area (Å²) in [5.41, 5.74) is 4.75. The van der Waals surface area contributed by atoms with Gasteiger partial charge < -0.3 is 5.32 Å². The average Bonchev–Trinajstić information content (AvgIpc) is 2.86. The summed E-state index contributed by atoms with van der Waals surface area (Å²) in [4.78, 5) is 24.7. The largest absolute Gasteiger partial charge is 0.316 e. The molecule has 0 aliphatic carbocycles. The molecule has 2 heterocycles. The number of nitrogens with one attached hydrogen (secondary N) is 3. The molecular formula is C12H22N4O2. The van der Waals surface area contributed by atoms with Gasteiger partial charge in [0.1, 0.15) is 0 Å². The van der Waals surface area contributed by atoms with E-state index < -0.39 is 0 Å². The zero-order chi connectivity index (χ0) is 13.1. The topological polar surface area (TPSA) is 73.5 Å². The molecule has 6 heteroatoms. The van der Waals surface area contributed by atoms with E-state index >= 15 is 0 Å². The Bertz CT molecular complexity index is 334. The number of hydrazine groups is 1. The fraction of sp³-hybridized carbons (Fsp3) is 0.833. The Morgan fingerprint density at radius 3 is 2.78 bits per heavy atom. The van der Waals surface area contributed by atoms with E-state index in [9.17, 15) is 9.59 Å². The van der Waals surface area contributed by atoms with Crippen LogP contribution in [0.2, 0.25) is 0 Å². The lowest BCUT2D eigenvalue weighted by Gasteiger charge is -2.26. The summed E-state index contributed by atoms with van der Waals surface area (Å²) in [7, 11) is 0. The maximum Gasteiger partial charge on any atom is 0.252 e. The van der Waals surface area contributed by atoms with Gasteiger partial charge in [-0.3, -0.25) is 25.3 Å². The van der Waals surface area contributed by atoms with Crippen molar-refractivity contribution in [1.82, 2.24) is 21.1 Å². The lowest BCUT2D eigenvalue weighted by atomic mass is 9.93. The molecule has 0 aromatic rings. The van der Waals surface area contributed by atoms with Gasteiger partial charge in [-0.1, -0.05) is 6.92 Å². The first-order valence-electron chi connectivity index (χ1n) is 6.62. The molecule has 0 bridgehead atoms. The van der Waals surface area contributed by atoms with Crippen molar-refractivity contribution in [2.75, 3.05) is 26.2 Å². The van der Waals surface area contributed by atoms with Crippen LogP contribution >= 0.6 is 0 Å². The third-order valence-electron chi connectivity index (χ3n) is 3.97. The Labute approximate surface area is 107 Å². The zero-order valence-electron chi connectivity index (χ0n) is 11.0. The monoisotopic (exact) mass is 254 g/mol. The molecule has 102 valence electrons. The maximum absolute atomic E-state index is 11.7. The summed E-state index contributed by atoms with van der Waals surface area (Å²) in [6.07, 6.45) is 1.07. The van der Waals surface area contributed by atoms with Crippen molar-refractivity contribution in [3.8, 4) is 0 Å². The minimum absolute atomic E-state index is 0.142. The van der Waals surface area contributed by atoms with Crippen LogP contribution < -0.4 is 16.2 Å². The molecule has 0 spiro atoms. The van der Waals surface area contributed by atoms with E-state index in [1.165, 1.54) is 6.92 Å². The van der Waals surface area contributed by atoms with E-state index in [4.69, 9.17) is 0 Å². The van der Waals surface area contributed by atoms with Gasteiger partial charge in [-0.15, -0.1) is 0 Å². The molecule has 0 aromatic carbocycles. The molecule has 6 nitrogen and oxygen atoms in total. The Hall–Kier alpha value is -1.14. The van der Waals surface area contributed by atoms with Crippen molar-refractivity contribution in [1.29, 1.82) is 0 Å². The van der Waals surface area contributed by atoms with Gasteiger partial charge in [0.2, 0.25) is 5.91 Å². The number of carbonyl (C=O) groups excluding carboxylic acids is 2. The first-order chi connectivity index (χ1) is 8.61. The van der Waals surface area contributed by atoms with E-state index in [2.05, 4.69) is 28.0 Å². The van der Waals surface area contributed by atoms with Gasteiger partial charge in [-0.25, -0.2) is 0 Å². The van der Waals surface area contributed by atoms with Crippen LogP contribution in [0.1, 0.15) is 20.3 Å². The van der Waals surface area contributed by atoms with Crippen LogP contribution in [0.3, 0.4) is 0 Å². The highest BCUT2D eigenvalue weighted by atomic mass is 16.2. The summed E-state index contributed by atoms with van der Waals surface area (Å²) in [5, 5.41) is 3.42. The van der Waals surface area contributed by atoms with Crippen molar-refractivity contribution in [2.45, 2.75) is 26.3 Å². The first-order valence-corrected chi connectivity index (χ1v) is 6.62. The Morgan fingerprint density at radius 2 is 2.11 bits per heavy atom. The molecule has 0 saturated carbocycles. The van der Waals surface area contributed by atoms with Gasteiger partial charge >= 0.3 is 0 Å². The van der Waals surface area contributed by atoms with Crippen molar-refractivity contribution in [2.24, 2.45) is 11.8 Å². The standard InChI is InChI=1S/C12H22N4O2/c1-3-11-10-5-13-4-9(10)6-16(11)7-12(18)15-14-8(2)17/h9-11,13H,3-7H2,1-2H3,(H,14,17)(H,15,18). The van der Waals surface area contributed by atoms with Crippen molar-refractivity contribution >= 4 is 11.8 Å². The summed E-state index contributed by atoms with van der Waals surface area (Å²) in [6.45, 7) is 7.01. The molecule has 18 heavy (non-hydrogen) atoms. The van der Waals surface area contributed by atoms with E-state index in [-0.39, 0.29) is 11.8 Å². The highest BCUT2D eigenvalue weighted by Gasteiger charge is 2.43. The number of hydrogen-bond acceptors (Lipinski definition) is 4. The fourth-order valence-electron chi connectivity index (χ4n) is 3.24. The molecule has 2 aliphatic heterocycles. The van der Waals surface area contributed by atoms with Crippen LogP contribution in [0.4, 0.5) is 0 Å². The van der Waals surface area contributed by atoms with Crippen molar-refractivity contribution < 1.29 is 9.59 Å². The van der Waals surface area contributed by atoms with Gasteiger partial charge in [0, 0.05) is 19.5 Å². The molecule has 0 radical (unpaired) electrons. The third kappa shape index (κ3) is 2.81. The molecule has 3 unspecified atom stereocenters. The van der Waals surface area contributed by atoms with Gasteiger partial charge in [0.05, 0.1) is 6.54 Å². The number of likely N-dealkylation sites (tertiary alicyclic amines) is 1. The van der Waals surface area contributed by atoms with Gasteiger partial charge in [-0.2, -0.15) is 0 Å². The summed E-state index contributed by atoms with van der Waals surface area (Å²) in [6, 6.07) is 0.480. The maximum atomic E-state index is 11.7. The lowest BCUT2D eigenvalue weighted by Crippen LogP contribution is -2.47. The molecule has 3 atom stereocenters. The quantitative estimate of drug-likeness (QED) is 0.570. The summed E-state index contributed by atoms with van der Waals surface area (Å²) >= 11 is 0. The molecular weight excluding hydrogens is 232 g/mol. The Kier molecular flexibility index (Phi) is 4.19. The number of nitrogens with zero attached hydrogens (tertiary/aromatic N) is 1. The first kappa shape index (κ1) is 13.3. The van der Waals surface area contributed by atoms with Crippen molar-refractivity contribution in [3.63, 3.8) is 0 Å². The number of fused-ring (bicyclic) bond motifs is 1. The molecule has 2 saturated heterocycles. The lowest BCUT2D eigenvalue weighted by molar-refractivity contribution is -0.128. The van der Waals surface area contributed by atoms with Crippen LogP contribution in [-0.4, -0.2) is 48.9 Å². The summed E-state index contributed by atoms with van der Waals surface area (Å²) in [5.74, 6) is 0.946. The molecule has 0 aromatic heterocycles. The minimum Gasteiger partial charge on any atom is -0.316 e. The Balaban J connectivity index is 1.85. The number of rotatable bonds is 3. The predicted molar refractivity (Wildman–Crippen MR) is 67.5 cm³/mol.